The van der Waals surface area contributed by atoms with Crippen molar-refractivity contribution < 1.29 is 9.72 Å². The van der Waals surface area contributed by atoms with Gasteiger partial charge in [0.2, 0.25) is 5.91 Å². The predicted molar refractivity (Wildman–Crippen MR) is 89.7 cm³/mol. The number of benzene rings is 1. The average molecular weight is 329 g/mol. The minimum Gasteiger partial charge on any atom is -0.348 e. The molecule has 0 radical (unpaired) electrons. The lowest BCUT2D eigenvalue weighted by molar-refractivity contribution is -0.385. The average Bonchev–Trinajstić information content (AvgIpc) is 2.56. The number of rotatable bonds is 6. The maximum absolute atomic E-state index is 12.1. The Labute approximate surface area is 139 Å². The predicted octanol–water partition coefficient (Wildman–Crippen LogP) is 2.20. The van der Waals surface area contributed by atoms with E-state index in [1.165, 1.54) is 5.56 Å². The zero-order chi connectivity index (χ0) is 17.7. The van der Waals surface area contributed by atoms with Crippen LogP contribution >= 0.6 is 0 Å². The van der Waals surface area contributed by atoms with Gasteiger partial charge in [-0.05, 0) is 24.5 Å². The van der Waals surface area contributed by atoms with Crippen LogP contribution in [-0.2, 0) is 17.8 Å². The van der Waals surface area contributed by atoms with E-state index in [2.05, 4.69) is 12.2 Å². The number of pyridine rings is 1. The number of amides is 1. The highest BCUT2D eigenvalue weighted by molar-refractivity contribution is 5.76. The highest BCUT2D eigenvalue weighted by atomic mass is 16.6. The van der Waals surface area contributed by atoms with E-state index in [0.717, 1.165) is 34.9 Å². The monoisotopic (exact) mass is 329 g/mol. The van der Waals surface area contributed by atoms with E-state index in [-0.39, 0.29) is 24.2 Å². The molecule has 7 nitrogen and oxygen atoms in total. The zero-order valence-electron chi connectivity index (χ0n) is 13.6. The van der Waals surface area contributed by atoms with Crippen LogP contribution in [0.15, 0.2) is 47.4 Å². The van der Waals surface area contributed by atoms with Crippen molar-refractivity contribution in [3.8, 4) is 0 Å². The molecule has 2 rings (SSSR count). The number of nitro groups is 1. The van der Waals surface area contributed by atoms with Crippen LogP contribution in [0.5, 0.6) is 0 Å². The first-order chi connectivity index (χ1) is 11.4. The number of aryl methyl sites for hydroxylation is 1. The molecular weight excluding hydrogens is 310 g/mol. The van der Waals surface area contributed by atoms with E-state index in [0.29, 0.717) is 0 Å². The fourth-order valence-electron chi connectivity index (χ4n) is 2.32. The molecule has 1 N–H and O–H groups in total. The van der Waals surface area contributed by atoms with Gasteiger partial charge in [-0.25, -0.2) is 0 Å². The summed E-state index contributed by atoms with van der Waals surface area (Å²) in [7, 11) is 0. The Balaban J connectivity index is 2.06. The van der Waals surface area contributed by atoms with Crippen LogP contribution < -0.4 is 10.9 Å². The number of aromatic nitrogens is 1. The summed E-state index contributed by atoms with van der Waals surface area (Å²) >= 11 is 0. The number of nitrogens with zero attached hydrogens (tertiary/aromatic N) is 2. The van der Waals surface area contributed by atoms with Crippen LogP contribution in [0.2, 0.25) is 0 Å². The fourth-order valence-corrected chi connectivity index (χ4v) is 2.32. The molecule has 24 heavy (non-hydrogen) atoms. The molecule has 0 aliphatic carbocycles. The SMILES string of the molecule is CCc1ccc(C(C)NC(=O)Cn2cc([N+](=O)[O-])ccc2=O)cc1. The molecule has 1 atom stereocenters. The van der Waals surface area contributed by atoms with E-state index in [4.69, 9.17) is 0 Å². The van der Waals surface area contributed by atoms with Gasteiger partial charge in [0.25, 0.3) is 11.2 Å². The minimum atomic E-state index is -0.605. The lowest BCUT2D eigenvalue weighted by Crippen LogP contribution is -2.33. The minimum absolute atomic E-state index is 0.224. The first-order valence-corrected chi connectivity index (χ1v) is 7.63. The third kappa shape index (κ3) is 4.28. The van der Waals surface area contributed by atoms with Crippen molar-refractivity contribution in [2.75, 3.05) is 0 Å². The quantitative estimate of drug-likeness (QED) is 0.649. The van der Waals surface area contributed by atoms with Gasteiger partial charge in [0, 0.05) is 12.1 Å². The molecule has 0 fully saturated rings. The van der Waals surface area contributed by atoms with Crippen molar-refractivity contribution in [1.29, 1.82) is 0 Å². The first kappa shape index (κ1) is 17.4. The lowest BCUT2D eigenvalue weighted by atomic mass is 10.1. The van der Waals surface area contributed by atoms with Crippen molar-refractivity contribution >= 4 is 11.6 Å². The van der Waals surface area contributed by atoms with Crippen molar-refractivity contribution in [3.63, 3.8) is 0 Å². The molecule has 2 aromatic rings. The van der Waals surface area contributed by atoms with Gasteiger partial charge in [0.05, 0.1) is 17.2 Å². The van der Waals surface area contributed by atoms with Gasteiger partial charge in [0.1, 0.15) is 6.54 Å². The Morgan fingerprint density at radius 3 is 2.50 bits per heavy atom. The number of carbonyl (C=O) groups excluding carboxylic acids is 1. The molecule has 1 amide bonds. The summed E-state index contributed by atoms with van der Waals surface area (Å²) in [5.74, 6) is -0.385. The molecule has 0 saturated carbocycles. The summed E-state index contributed by atoms with van der Waals surface area (Å²) in [6.07, 6.45) is 2.01. The van der Waals surface area contributed by atoms with Crippen LogP contribution in [0.4, 0.5) is 5.69 Å². The van der Waals surface area contributed by atoms with Gasteiger partial charge in [0.15, 0.2) is 0 Å². The van der Waals surface area contributed by atoms with E-state index < -0.39 is 10.5 Å². The van der Waals surface area contributed by atoms with Crippen LogP contribution in [0.3, 0.4) is 0 Å². The number of carbonyl (C=O) groups is 1. The molecule has 1 aromatic heterocycles. The van der Waals surface area contributed by atoms with Crippen molar-refractivity contribution in [3.05, 3.63) is 74.2 Å². The van der Waals surface area contributed by atoms with E-state index >= 15 is 0 Å². The molecule has 0 aliphatic heterocycles. The third-order valence-electron chi connectivity index (χ3n) is 3.76. The molecule has 0 saturated heterocycles. The van der Waals surface area contributed by atoms with Gasteiger partial charge in [-0.15, -0.1) is 0 Å². The highest BCUT2D eigenvalue weighted by Crippen LogP contribution is 2.14. The maximum atomic E-state index is 12.1. The summed E-state index contributed by atoms with van der Waals surface area (Å²) < 4.78 is 1.03. The largest absolute Gasteiger partial charge is 0.348 e. The summed E-state index contributed by atoms with van der Waals surface area (Å²) in [5.41, 5.74) is 1.47. The van der Waals surface area contributed by atoms with Gasteiger partial charge in [-0.1, -0.05) is 31.2 Å². The molecule has 1 heterocycles. The number of hydrogen-bond donors (Lipinski definition) is 1. The zero-order valence-corrected chi connectivity index (χ0v) is 13.6. The topological polar surface area (TPSA) is 94.2 Å². The molecular formula is C17H19N3O4. The van der Waals surface area contributed by atoms with E-state index in [1.54, 1.807) is 0 Å². The normalized spacial score (nSPS) is 11.8. The van der Waals surface area contributed by atoms with Crippen LogP contribution in [-0.4, -0.2) is 15.4 Å². The lowest BCUT2D eigenvalue weighted by Gasteiger charge is -2.15. The summed E-state index contributed by atoms with van der Waals surface area (Å²) in [5, 5.41) is 13.5. The first-order valence-electron chi connectivity index (χ1n) is 7.63. The fraction of sp³-hybridized carbons (Fsp3) is 0.294. The molecule has 7 heteroatoms. The third-order valence-corrected chi connectivity index (χ3v) is 3.76. The Hall–Kier alpha value is -2.96. The molecule has 0 aliphatic rings. The van der Waals surface area contributed by atoms with Gasteiger partial charge >= 0.3 is 0 Å². The highest BCUT2D eigenvalue weighted by Gasteiger charge is 2.13. The smallest absolute Gasteiger partial charge is 0.285 e. The summed E-state index contributed by atoms with van der Waals surface area (Å²) in [6.45, 7) is 3.64. The second kappa shape index (κ2) is 7.54. The van der Waals surface area contributed by atoms with E-state index in [9.17, 15) is 19.7 Å². The second-order valence-electron chi connectivity index (χ2n) is 5.49. The Morgan fingerprint density at radius 1 is 1.25 bits per heavy atom. The standard InChI is InChI=1S/C17H19N3O4/c1-3-13-4-6-14(7-5-13)12(2)18-16(21)11-19-10-15(20(23)24)8-9-17(19)22/h4-10,12H,3,11H2,1-2H3,(H,18,21). The molecule has 0 bridgehead atoms. The Bertz CT molecular complexity index is 796. The van der Waals surface area contributed by atoms with Gasteiger partial charge in [-0.3, -0.25) is 24.3 Å². The number of nitrogens with one attached hydrogen (secondary N) is 1. The molecule has 126 valence electrons. The van der Waals surface area contributed by atoms with E-state index in [1.807, 2.05) is 31.2 Å². The Kier molecular flexibility index (Phi) is 5.47. The summed E-state index contributed by atoms with van der Waals surface area (Å²) in [6, 6.07) is 9.88. The summed E-state index contributed by atoms with van der Waals surface area (Å²) in [4.78, 5) is 34.0. The van der Waals surface area contributed by atoms with Crippen molar-refractivity contribution in [2.24, 2.45) is 0 Å². The molecule has 0 spiro atoms. The van der Waals surface area contributed by atoms with Gasteiger partial charge < -0.3 is 5.32 Å². The van der Waals surface area contributed by atoms with Crippen LogP contribution in [0.25, 0.3) is 0 Å². The Morgan fingerprint density at radius 2 is 1.92 bits per heavy atom. The number of hydrogen-bond acceptors (Lipinski definition) is 4. The maximum Gasteiger partial charge on any atom is 0.285 e. The molecule has 1 aromatic carbocycles. The van der Waals surface area contributed by atoms with Crippen molar-refractivity contribution in [1.82, 2.24) is 9.88 Å². The van der Waals surface area contributed by atoms with Crippen LogP contribution in [0, 0.1) is 10.1 Å². The second-order valence-corrected chi connectivity index (χ2v) is 5.49. The van der Waals surface area contributed by atoms with Crippen molar-refractivity contribution in [2.45, 2.75) is 32.9 Å². The van der Waals surface area contributed by atoms with Crippen LogP contribution in [0.1, 0.15) is 31.0 Å². The molecule has 1 unspecified atom stereocenters. The van der Waals surface area contributed by atoms with Gasteiger partial charge in [-0.2, -0.15) is 0 Å².